The molecule has 2 aromatic heterocycles. The Bertz CT molecular complexity index is 1680. The zero-order valence-electron chi connectivity index (χ0n) is 20.9. The van der Waals surface area contributed by atoms with E-state index in [2.05, 4.69) is 15.4 Å². The fraction of sp³-hybridized carbons (Fsp3) is 0.207. The summed E-state index contributed by atoms with van der Waals surface area (Å²) in [7, 11) is 0. The number of nitrogens with zero attached hydrogens (tertiary/aromatic N) is 3. The highest BCUT2D eigenvalue weighted by Gasteiger charge is 2.54. The quantitative estimate of drug-likeness (QED) is 0.349. The molecule has 0 spiro atoms. The van der Waals surface area contributed by atoms with Crippen LogP contribution in [0.4, 0.5) is 13.2 Å². The number of aromatic nitrogens is 3. The fourth-order valence-electron chi connectivity index (χ4n) is 5.44. The van der Waals surface area contributed by atoms with Gasteiger partial charge in [0.2, 0.25) is 5.91 Å². The number of rotatable bonds is 8. The number of nitrogens with two attached hydrogens (primary N) is 1. The third-order valence-corrected chi connectivity index (χ3v) is 7.33. The molecular weight excluding hydrogens is 523 g/mol. The van der Waals surface area contributed by atoms with Crippen LogP contribution in [0.5, 0.6) is 0 Å². The third kappa shape index (κ3) is 4.63. The summed E-state index contributed by atoms with van der Waals surface area (Å²) in [5.41, 5.74) is 7.70. The van der Waals surface area contributed by atoms with Gasteiger partial charge in [0.25, 0.3) is 5.91 Å². The molecule has 202 valence electrons. The van der Waals surface area contributed by atoms with Crippen molar-refractivity contribution in [3.05, 3.63) is 106 Å². The normalized spacial score (nSPS) is 17.7. The van der Waals surface area contributed by atoms with Crippen LogP contribution in [0.15, 0.2) is 60.9 Å². The number of hydrogen-bond donors (Lipinski definition) is 2. The zero-order valence-corrected chi connectivity index (χ0v) is 20.9. The zero-order chi connectivity index (χ0) is 28.1. The largest absolute Gasteiger partial charge is 0.366 e. The standard InChI is InChI=1S/C29H22F3N5O3/c30-16-6-14(7-17(31)10-16)8-24(36-25(38)13-37-27-22(12-35-37)19-11-20(19)28(27)39)26-18(2-1-5-34-26)15-3-4-23(32)21(9-15)29(33)40/h1-7,9-10,12,19-20,24H,8,11,13H2,(H2,33,40)(H,36,38)/t19?,20?,24-/m0/s1. The molecule has 2 aliphatic rings. The average Bonchev–Trinajstić information content (AvgIpc) is 3.52. The number of carbonyl (C=O) groups excluding carboxylic acids is 3. The number of amides is 2. The van der Waals surface area contributed by atoms with E-state index in [1.165, 1.54) is 23.0 Å². The van der Waals surface area contributed by atoms with Crippen LogP contribution in [0, 0.1) is 23.4 Å². The van der Waals surface area contributed by atoms with Crippen LogP contribution >= 0.6 is 0 Å². The third-order valence-electron chi connectivity index (χ3n) is 7.33. The van der Waals surface area contributed by atoms with Gasteiger partial charge in [0.1, 0.15) is 29.7 Å². The molecule has 0 radical (unpaired) electrons. The van der Waals surface area contributed by atoms with Crippen LogP contribution in [0.1, 0.15) is 56.0 Å². The minimum absolute atomic E-state index is 0.0225. The first-order valence-corrected chi connectivity index (χ1v) is 12.6. The number of fused-ring (bicyclic) bond motifs is 3. The van der Waals surface area contributed by atoms with Gasteiger partial charge in [0, 0.05) is 29.3 Å². The molecule has 6 rings (SSSR count). The van der Waals surface area contributed by atoms with Crippen molar-refractivity contribution in [3.63, 3.8) is 0 Å². The lowest BCUT2D eigenvalue weighted by atomic mass is 9.94. The summed E-state index contributed by atoms with van der Waals surface area (Å²) in [6.07, 6.45) is 3.86. The van der Waals surface area contributed by atoms with E-state index in [0.717, 1.165) is 36.2 Å². The second-order valence-electron chi connectivity index (χ2n) is 10.0. The summed E-state index contributed by atoms with van der Waals surface area (Å²) in [5.74, 6) is -3.70. The van der Waals surface area contributed by atoms with Crippen molar-refractivity contribution >= 4 is 17.6 Å². The second kappa shape index (κ2) is 9.74. The van der Waals surface area contributed by atoms with Crippen molar-refractivity contribution in [3.8, 4) is 11.1 Å². The SMILES string of the molecule is NC(=O)c1cc(-c2cccnc2[C@H](Cc2cc(F)cc(F)c2)NC(=O)Cn2ncc3c2C(=O)C2CC32)ccc1F. The average molecular weight is 546 g/mol. The van der Waals surface area contributed by atoms with Crippen molar-refractivity contribution in [2.24, 2.45) is 11.7 Å². The first kappa shape index (κ1) is 25.5. The molecule has 3 N–H and O–H groups in total. The molecule has 40 heavy (non-hydrogen) atoms. The molecule has 1 fully saturated rings. The maximum absolute atomic E-state index is 14.2. The number of primary amides is 1. The van der Waals surface area contributed by atoms with Gasteiger partial charge in [-0.2, -0.15) is 5.10 Å². The van der Waals surface area contributed by atoms with Crippen LogP contribution in [0.3, 0.4) is 0 Å². The number of halogens is 3. The van der Waals surface area contributed by atoms with Crippen LogP contribution in [0.25, 0.3) is 11.1 Å². The lowest BCUT2D eigenvalue weighted by Crippen LogP contribution is -2.34. The van der Waals surface area contributed by atoms with E-state index >= 15 is 0 Å². The highest BCUT2D eigenvalue weighted by Crippen LogP contribution is 2.55. The monoisotopic (exact) mass is 545 g/mol. The van der Waals surface area contributed by atoms with E-state index in [4.69, 9.17) is 5.73 Å². The van der Waals surface area contributed by atoms with Crippen LogP contribution < -0.4 is 11.1 Å². The number of hydrogen-bond acceptors (Lipinski definition) is 5. The molecule has 2 aromatic carbocycles. The summed E-state index contributed by atoms with van der Waals surface area (Å²) in [4.78, 5) is 42.1. The molecule has 8 nitrogen and oxygen atoms in total. The number of Topliss-reactive ketones (excluding diaryl/α,β-unsaturated/α-hetero) is 1. The van der Waals surface area contributed by atoms with Crippen LogP contribution in [-0.4, -0.2) is 32.4 Å². The van der Waals surface area contributed by atoms with Crippen molar-refractivity contribution in [2.75, 3.05) is 0 Å². The molecule has 1 saturated carbocycles. The van der Waals surface area contributed by atoms with Gasteiger partial charge in [-0.1, -0.05) is 12.1 Å². The Morgan fingerprint density at radius 2 is 1.85 bits per heavy atom. The number of benzene rings is 2. The summed E-state index contributed by atoms with van der Waals surface area (Å²) in [6.45, 7) is -0.251. The first-order chi connectivity index (χ1) is 19.2. The molecule has 11 heteroatoms. The van der Waals surface area contributed by atoms with E-state index in [0.29, 0.717) is 22.5 Å². The van der Waals surface area contributed by atoms with Gasteiger partial charge in [-0.25, -0.2) is 13.2 Å². The summed E-state index contributed by atoms with van der Waals surface area (Å²) in [5, 5.41) is 7.10. The van der Waals surface area contributed by atoms with E-state index in [1.807, 2.05) is 0 Å². The molecule has 4 aromatic rings. The molecule has 2 amide bonds. The van der Waals surface area contributed by atoms with Gasteiger partial charge in [-0.05, 0) is 60.2 Å². The van der Waals surface area contributed by atoms with Crippen LogP contribution in [-0.2, 0) is 17.8 Å². The van der Waals surface area contributed by atoms with Gasteiger partial charge < -0.3 is 11.1 Å². The predicted octanol–water partition coefficient (Wildman–Crippen LogP) is 3.86. The highest BCUT2D eigenvalue weighted by atomic mass is 19.1. The van der Waals surface area contributed by atoms with Gasteiger partial charge in [-0.3, -0.25) is 24.0 Å². The number of carbonyl (C=O) groups is 3. The summed E-state index contributed by atoms with van der Waals surface area (Å²) in [6, 6.07) is 9.25. The van der Waals surface area contributed by atoms with E-state index in [9.17, 15) is 27.6 Å². The Hall–Kier alpha value is -4.80. The topological polar surface area (TPSA) is 120 Å². The van der Waals surface area contributed by atoms with Gasteiger partial charge in [-0.15, -0.1) is 0 Å². The number of ketones is 1. The number of pyridine rings is 1. The Balaban J connectivity index is 1.35. The second-order valence-corrected chi connectivity index (χ2v) is 10.0. The fourth-order valence-corrected chi connectivity index (χ4v) is 5.44. The van der Waals surface area contributed by atoms with Crippen molar-refractivity contribution < 1.29 is 27.6 Å². The summed E-state index contributed by atoms with van der Waals surface area (Å²) < 4.78 is 43.6. The molecule has 2 aliphatic carbocycles. The predicted molar refractivity (Wildman–Crippen MR) is 137 cm³/mol. The van der Waals surface area contributed by atoms with E-state index in [-0.39, 0.29) is 41.7 Å². The van der Waals surface area contributed by atoms with Gasteiger partial charge >= 0.3 is 0 Å². The van der Waals surface area contributed by atoms with Crippen molar-refractivity contribution in [2.45, 2.75) is 31.3 Å². The maximum atomic E-state index is 14.2. The molecule has 2 heterocycles. The van der Waals surface area contributed by atoms with E-state index in [1.54, 1.807) is 18.3 Å². The number of nitrogens with one attached hydrogen (secondary N) is 1. The van der Waals surface area contributed by atoms with E-state index < -0.39 is 35.3 Å². The minimum atomic E-state index is -0.955. The maximum Gasteiger partial charge on any atom is 0.251 e. The highest BCUT2D eigenvalue weighted by molar-refractivity contribution is 6.04. The molecule has 2 unspecified atom stereocenters. The lowest BCUT2D eigenvalue weighted by Gasteiger charge is -2.22. The molecule has 3 atom stereocenters. The first-order valence-electron chi connectivity index (χ1n) is 12.6. The molecule has 0 aliphatic heterocycles. The Morgan fingerprint density at radius 3 is 2.60 bits per heavy atom. The Labute approximate surface area is 226 Å². The molecular formula is C29H22F3N5O3. The Morgan fingerprint density at radius 1 is 1.07 bits per heavy atom. The van der Waals surface area contributed by atoms with Crippen molar-refractivity contribution in [1.82, 2.24) is 20.1 Å². The minimum Gasteiger partial charge on any atom is -0.366 e. The van der Waals surface area contributed by atoms with Gasteiger partial charge in [0.15, 0.2) is 5.78 Å². The Kier molecular flexibility index (Phi) is 6.21. The molecule has 0 bridgehead atoms. The smallest absolute Gasteiger partial charge is 0.251 e. The lowest BCUT2D eigenvalue weighted by molar-refractivity contribution is -0.122. The van der Waals surface area contributed by atoms with Crippen molar-refractivity contribution in [1.29, 1.82) is 0 Å². The van der Waals surface area contributed by atoms with Gasteiger partial charge in [0.05, 0.1) is 23.5 Å². The van der Waals surface area contributed by atoms with Crippen LogP contribution in [0.2, 0.25) is 0 Å². The summed E-state index contributed by atoms with van der Waals surface area (Å²) >= 11 is 0. The molecule has 0 saturated heterocycles.